The standard InChI is InChI=1S/C11H20N4O/c1-3-8-4-6-9(7-5-8)15(2)11-14-13-10(12)16-11/h8-9H,3-7H2,1-2H3,(H2,12,13). The third-order valence-corrected chi connectivity index (χ3v) is 3.67. The van der Waals surface area contributed by atoms with Gasteiger partial charge in [-0.2, -0.15) is 0 Å². The van der Waals surface area contributed by atoms with Crippen molar-refractivity contribution in [2.45, 2.75) is 45.1 Å². The van der Waals surface area contributed by atoms with Crippen LogP contribution in [0.3, 0.4) is 0 Å². The molecule has 1 aliphatic carbocycles. The zero-order valence-electron chi connectivity index (χ0n) is 10.0. The Morgan fingerprint density at radius 3 is 2.50 bits per heavy atom. The van der Waals surface area contributed by atoms with E-state index in [1.54, 1.807) is 0 Å². The lowest BCUT2D eigenvalue weighted by Gasteiger charge is -2.33. The molecule has 16 heavy (non-hydrogen) atoms. The van der Waals surface area contributed by atoms with Gasteiger partial charge in [-0.15, -0.1) is 0 Å². The van der Waals surface area contributed by atoms with Gasteiger partial charge in [0.2, 0.25) is 0 Å². The van der Waals surface area contributed by atoms with E-state index in [0.717, 1.165) is 5.92 Å². The van der Waals surface area contributed by atoms with E-state index >= 15 is 0 Å². The largest absolute Gasteiger partial charge is 0.390 e. The first-order valence-electron chi connectivity index (χ1n) is 6.02. The maximum Gasteiger partial charge on any atom is 0.319 e. The van der Waals surface area contributed by atoms with Crippen LogP contribution in [0.1, 0.15) is 39.0 Å². The molecule has 2 rings (SSSR count). The van der Waals surface area contributed by atoms with Gasteiger partial charge in [0.15, 0.2) is 0 Å². The summed E-state index contributed by atoms with van der Waals surface area (Å²) in [5.41, 5.74) is 5.42. The molecule has 0 saturated heterocycles. The topological polar surface area (TPSA) is 68.2 Å². The lowest BCUT2D eigenvalue weighted by molar-refractivity contribution is 0.307. The molecule has 0 radical (unpaired) electrons. The van der Waals surface area contributed by atoms with Gasteiger partial charge in [-0.25, -0.2) is 0 Å². The zero-order valence-corrected chi connectivity index (χ0v) is 10.0. The second kappa shape index (κ2) is 4.72. The average Bonchev–Trinajstić information content (AvgIpc) is 2.75. The van der Waals surface area contributed by atoms with Crippen LogP contribution < -0.4 is 10.6 Å². The predicted molar refractivity (Wildman–Crippen MR) is 63.2 cm³/mol. The predicted octanol–water partition coefficient (Wildman–Crippen LogP) is 2.06. The third kappa shape index (κ3) is 2.28. The van der Waals surface area contributed by atoms with Gasteiger partial charge in [0, 0.05) is 13.1 Å². The molecule has 1 heterocycles. The van der Waals surface area contributed by atoms with Crippen molar-refractivity contribution in [2.75, 3.05) is 17.7 Å². The Hall–Kier alpha value is -1.26. The normalized spacial score (nSPS) is 25.6. The molecule has 90 valence electrons. The minimum Gasteiger partial charge on any atom is -0.390 e. The van der Waals surface area contributed by atoms with Crippen molar-refractivity contribution < 1.29 is 4.42 Å². The fourth-order valence-electron chi connectivity index (χ4n) is 2.47. The Morgan fingerprint density at radius 2 is 2.00 bits per heavy atom. The van der Waals surface area contributed by atoms with Crippen LogP contribution in [-0.2, 0) is 0 Å². The smallest absolute Gasteiger partial charge is 0.319 e. The first kappa shape index (κ1) is 11.2. The Labute approximate surface area is 96.0 Å². The third-order valence-electron chi connectivity index (χ3n) is 3.67. The Balaban J connectivity index is 1.93. The van der Waals surface area contributed by atoms with Crippen molar-refractivity contribution in [3.63, 3.8) is 0 Å². The quantitative estimate of drug-likeness (QED) is 0.851. The summed E-state index contributed by atoms with van der Waals surface area (Å²) in [4.78, 5) is 2.06. The second-order valence-electron chi connectivity index (χ2n) is 4.62. The highest BCUT2D eigenvalue weighted by Crippen LogP contribution is 2.30. The van der Waals surface area contributed by atoms with Crippen LogP contribution in [0.4, 0.5) is 12.0 Å². The molecule has 0 spiro atoms. The van der Waals surface area contributed by atoms with E-state index < -0.39 is 0 Å². The minimum absolute atomic E-state index is 0.143. The van der Waals surface area contributed by atoms with E-state index in [9.17, 15) is 0 Å². The van der Waals surface area contributed by atoms with Gasteiger partial charge < -0.3 is 15.1 Å². The van der Waals surface area contributed by atoms with Crippen LogP contribution in [0, 0.1) is 5.92 Å². The molecule has 5 heteroatoms. The lowest BCUT2D eigenvalue weighted by Crippen LogP contribution is -2.35. The van der Waals surface area contributed by atoms with E-state index in [4.69, 9.17) is 10.2 Å². The summed E-state index contributed by atoms with van der Waals surface area (Å²) in [5, 5.41) is 7.60. The summed E-state index contributed by atoms with van der Waals surface area (Å²) in [6.07, 6.45) is 6.31. The molecule has 1 aromatic rings. The van der Waals surface area contributed by atoms with E-state index in [1.807, 2.05) is 7.05 Å². The molecule has 0 amide bonds. The Kier molecular flexibility index (Phi) is 3.31. The SMILES string of the molecule is CCC1CCC(N(C)c2nnc(N)o2)CC1. The second-order valence-corrected chi connectivity index (χ2v) is 4.62. The number of anilines is 2. The molecule has 1 aliphatic rings. The fourth-order valence-corrected chi connectivity index (χ4v) is 2.47. The zero-order chi connectivity index (χ0) is 11.5. The fraction of sp³-hybridized carbons (Fsp3) is 0.818. The summed E-state index contributed by atoms with van der Waals surface area (Å²) in [6, 6.07) is 1.20. The maximum atomic E-state index is 5.42. The van der Waals surface area contributed by atoms with Crippen LogP contribution >= 0.6 is 0 Å². The van der Waals surface area contributed by atoms with Crippen LogP contribution in [0.25, 0.3) is 0 Å². The summed E-state index contributed by atoms with van der Waals surface area (Å²) in [5.74, 6) is 0.900. The summed E-state index contributed by atoms with van der Waals surface area (Å²) >= 11 is 0. The van der Waals surface area contributed by atoms with E-state index in [2.05, 4.69) is 22.0 Å². The molecule has 0 aliphatic heterocycles. The number of hydrogen-bond acceptors (Lipinski definition) is 5. The highest BCUT2D eigenvalue weighted by molar-refractivity contribution is 5.28. The molecule has 0 bridgehead atoms. The van der Waals surface area contributed by atoms with Gasteiger partial charge in [0.25, 0.3) is 0 Å². The van der Waals surface area contributed by atoms with Crippen molar-refractivity contribution in [2.24, 2.45) is 5.92 Å². The molecule has 1 aromatic heterocycles. The van der Waals surface area contributed by atoms with Crippen LogP contribution in [0.2, 0.25) is 0 Å². The number of hydrogen-bond donors (Lipinski definition) is 1. The Morgan fingerprint density at radius 1 is 1.31 bits per heavy atom. The molecule has 1 fully saturated rings. The number of aromatic nitrogens is 2. The minimum atomic E-state index is 0.143. The van der Waals surface area contributed by atoms with Gasteiger partial charge in [0.1, 0.15) is 0 Å². The van der Waals surface area contributed by atoms with Gasteiger partial charge >= 0.3 is 12.0 Å². The van der Waals surface area contributed by atoms with Crippen molar-refractivity contribution >= 4 is 12.0 Å². The summed E-state index contributed by atoms with van der Waals surface area (Å²) in [7, 11) is 2.00. The highest BCUT2D eigenvalue weighted by Gasteiger charge is 2.25. The van der Waals surface area contributed by atoms with Crippen molar-refractivity contribution in [3.8, 4) is 0 Å². The molecule has 0 atom stereocenters. The van der Waals surface area contributed by atoms with Crippen molar-refractivity contribution in [1.82, 2.24) is 10.2 Å². The van der Waals surface area contributed by atoms with Gasteiger partial charge in [-0.05, 0) is 31.6 Å². The number of rotatable bonds is 3. The molecule has 2 N–H and O–H groups in total. The van der Waals surface area contributed by atoms with E-state index in [1.165, 1.54) is 32.1 Å². The number of nitrogen functional groups attached to an aromatic ring is 1. The monoisotopic (exact) mass is 224 g/mol. The van der Waals surface area contributed by atoms with Gasteiger partial charge in [-0.3, -0.25) is 0 Å². The molecular weight excluding hydrogens is 204 g/mol. The number of nitrogens with zero attached hydrogens (tertiary/aromatic N) is 3. The van der Waals surface area contributed by atoms with Crippen molar-refractivity contribution in [1.29, 1.82) is 0 Å². The summed E-state index contributed by atoms with van der Waals surface area (Å²) < 4.78 is 5.23. The van der Waals surface area contributed by atoms with E-state index in [0.29, 0.717) is 12.1 Å². The van der Waals surface area contributed by atoms with E-state index in [-0.39, 0.29) is 6.01 Å². The van der Waals surface area contributed by atoms with Crippen LogP contribution in [0.15, 0.2) is 4.42 Å². The Bertz CT molecular complexity index is 330. The lowest BCUT2D eigenvalue weighted by atomic mass is 9.84. The maximum absolute atomic E-state index is 5.42. The molecule has 5 nitrogen and oxygen atoms in total. The van der Waals surface area contributed by atoms with Crippen LogP contribution in [-0.4, -0.2) is 23.3 Å². The first-order chi connectivity index (χ1) is 7.70. The van der Waals surface area contributed by atoms with Gasteiger partial charge in [0.05, 0.1) is 0 Å². The van der Waals surface area contributed by atoms with Crippen molar-refractivity contribution in [3.05, 3.63) is 0 Å². The molecule has 0 unspecified atom stereocenters. The highest BCUT2D eigenvalue weighted by atomic mass is 16.4. The average molecular weight is 224 g/mol. The first-order valence-corrected chi connectivity index (χ1v) is 6.02. The summed E-state index contributed by atoms with van der Waals surface area (Å²) in [6.45, 7) is 2.27. The molecule has 0 aromatic carbocycles. The van der Waals surface area contributed by atoms with Gasteiger partial charge in [-0.1, -0.05) is 23.5 Å². The molecule has 1 saturated carbocycles. The molecular formula is C11H20N4O. The van der Waals surface area contributed by atoms with Crippen LogP contribution in [0.5, 0.6) is 0 Å². The number of nitrogens with two attached hydrogens (primary N) is 1.